The van der Waals surface area contributed by atoms with E-state index in [0.717, 1.165) is 34.4 Å². The maximum atomic E-state index is 6.06. The number of halogens is 2. The number of hydrogen-bond donors (Lipinski definition) is 1. The Kier molecular flexibility index (Phi) is 5.46. The SMILES string of the molecule is CCC(N)Cc1ccc(Cl)cc1Oc1cccc(Br)c1. The van der Waals surface area contributed by atoms with Gasteiger partial charge in [0, 0.05) is 15.5 Å². The first-order valence-corrected chi connectivity index (χ1v) is 7.73. The Hall–Kier alpha value is -1.03. The first-order chi connectivity index (χ1) is 9.58. The van der Waals surface area contributed by atoms with Gasteiger partial charge in [-0.2, -0.15) is 0 Å². The minimum absolute atomic E-state index is 0.126. The van der Waals surface area contributed by atoms with Crippen molar-refractivity contribution in [2.45, 2.75) is 25.8 Å². The first kappa shape index (κ1) is 15.4. The van der Waals surface area contributed by atoms with Crippen molar-refractivity contribution in [3.63, 3.8) is 0 Å². The lowest BCUT2D eigenvalue weighted by molar-refractivity contribution is 0.472. The summed E-state index contributed by atoms with van der Waals surface area (Å²) in [7, 11) is 0. The molecule has 0 radical (unpaired) electrons. The van der Waals surface area contributed by atoms with E-state index in [1.54, 1.807) is 0 Å². The molecule has 0 fully saturated rings. The van der Waals surface area contributed by atoms with Crippen LogP contribution in [-0.4, -0.2) is 6.04 Å². The Labute approximate surface area is 133 Å². The molecule has 0 aliphatic heterocycles. The Morgan fingerprint density at radius 1 is 1.25 bits per heavy atom. The summed E-state index contributed by atoms with van der Waals surface area (Å²) >= 11 is 9.50. The molecule has 0 aliphatic rings. The van der Waals surface area contributed by atoms with Crippen LogP contribution in [0.4, 0.5) is 0 Å². The molecular weight excluding hydrogens is 338 g/mol. The lowest BCUT2D eigenvalue weighted by atomic mass is 10.0. The number of nitrogens with two attached hydrogens (primary N) is 1. The van der Waals surface area contributed by atoms with Crippen LogP contribution in [0.1, 0.15) is 18.9 Å². The van der Waals surface area contributed by atoms with Crippen molar-refractivity contribution in [3.8, 4) is 11.5 Å². The predicted molar refractivity (Wildman–Crippen MR) is 87.6 cm³/mol. The lowest BCUT2D eigenvalue weighted by Gasteiger charge is -2.14. The molecule has 1 unspecified atom stereocenters. The minimum Gasteiger partial charge on any atom is -0.457 e. The molecule has 0 bridgehead atoms. The standard InChI is InChI=1S/C16H17BrClNO/c1-2-14(19)8-11-6-7-13(18)10-16(11)20-15-5-3-4-12(17)9-15/h3-7,9-10,14H,2,8,19H2,1H3. The highest BCUT2D eigenvalue weighted by molar-refractivity contribution is 9.10. The maximum absolute atomic E-state index is 6.06. The van der Waals surface area contributed by atoms with Crippen molar-refractivity contribution in [1.82, 2.24) is 0 Å². The summed E-state index contributed by atoms with van der Waals surface area (Å²) in [5.41, 5.74) is 7.11. The molecule has 2 rings (SSSR count). The van der Waals surface area contributed by atoms with Gasteiger partial charge in [-0.25, -0.2) is 0 Å². The van der Waals surface area contributed by atoms with Gasteiger partial charge in [-0.3, -0.25) is 0 Å². The Morgan fingerprint density at radius 3 is 2.75 bits per heavy atom. The van der Waals surface area contributed by atoms with Crippen LogP contribution < -0.4 is 10.5 Å². The number of rotatable bonds is 5. The van der Waals surface area contributed by atoms with Crippen LogP contribution in [0.15, 0.2) is 46.9 Å². The van der Waals surface area contributed by atoms with E-state index in [4.69, 9.17) is 22.1 Å². The van der Waals surface area contributed by atoms with E-state index in [2.05, 4.69) is 22.9 Å². The highest BCUT2D eigenvalue weighted by Gasteiger charge is 2.10. The molecule has 0 saturated heterocycles. The summed E-state index contributed by atoms with van der Waals surface area (Å²) in [6.45, 7) is 2.08. The predicted octanol–water partition coefficient (Wildman–Crippen LogP) is 5.17. The normalized spacial score (nSPS) is 12.2. The average molecular weight is 355 g/mol. The summed E-state index contributed by atoms with van der Waals surface area (Å²) in [5.74, 6) is 1.53. The topological polar surface area (TPSA) is 35.2 Å². The van der Waals surface area contributed by atoms with Crippen molar-refractivity contribution >= 4 is 27.5 Å². The molecule has 2 nitrogen and oxygen atoms in total. The minimum atomic E-state index is 0.126. The van der Waals surface area contributed by atoms with E-state index in [9.17, 15) is 0 Å². The summed E-state index contributed by atoms with van der Waals surface area (Å²) in [4.78, 5) is 0. The molecule has 0 aromatic heterocycles. The fourth-order valence-corrected chi connectivity index (χ4v) is 2.42. The monoisotopic (exact) mass is 353 g/mol. The van der Waals surface area contributed by atoms with E-state index in [0.29, 0.717) is 5.02 Å². The van der Waals surface area contributed by atoms with E-state index in [-0.39, 0.29) is 6.04 Å². The van der Waals surface area contributed by atoms with Gasteiger partial charge in [-0.1, -0.05) is 46.6 Å². The van der Waals surface area contributed by atoms with Crippen LogP contribution in [0.3, 0.4) is 0 Å². The maximum Gasteiger partial charge on any atom is 0.132 e. The second-order valence-electron chi connectivity index (χ2n) is 4.68. The van der Waals surface area contributed by atoms with Crippen LogP contribution in [0.25, 0.3) is 0 Å². The molecule has 4 heteroatoms. The quantitative estimate of drug-likeness (QED) is 0.803. The molecule has 1 atom stereocenters. The Morgan fingerprint density at radius 2 is 2.05 bits per heavy atom. The van der Waals surface area contributed by atoms with Crippen LogP contribution in [0, 0.1) is 0 Å². The molecule has 2 aromatic carbocycles. The molecule has 106 valence electrons. The third kappa shape index (κ3) is 4.23. The smallest absolute Gasteiger partial charge is 0.132 e. The van der Waals surface area contributed by atoms with Crippen molar-refractivity contribution in [2.75, 3.05) is 0 Å². The van der Waals surface area contributed by atoms with E-state index < -0.39 is 0 Å². The summed E-state index contributed by atoms with van der Waals surface area (Å²) < 4.78 is 6.92. The van der Waals surface area contributed by atoms with Gasteiger partial charge in [0.2, 0.25) is 0 Å². The molecule has 2 N–H and O–H groups in total. The summed E-state index contributed by atoms with van der Waals surface area (Å²) in [6.07, 6.45) is 1.70. The Bertz CT molecular complexity index is 588. The summed E-state index contributed by atoms with van der Waals surface area (Å²) in [6, 6.07) is 13.5. The second-order valence-corrected chi connectivity index (χ2v) is 6.04. The molecular formula is C16H17BrClNO. The first-order valence-electron chi connectivity index (χ1n) is 6.56. The third-order valence-corrected chi connectivity index (χ3v) is 3.79. The highest BCUT2D eigenvalue weighted by Crippen LogP contribution is 2.30. The van der Waals surface area contributed by atoms with E-state index >= 15 is 0 Å². The fourth-order valence-electron chi connectivity index (χ4n) is 1.88. The van der Waals surface area contributed by atoms with E-state index in [1.165, 1.54) is 0 Å². The van der Waals surface area contributed by atoms with Gasteiger partial charge >= 0.3 is 0 Å². The molecule has 0 amide bonds. The second kappa shape index (κ2) is 7.11. The van der Waals surface area contributed by atoms with Crippen molar-refractivity contribution in [3.05, 3.63) is 57.5 Å². The van der Waals surface area contributed by atoms with Gasteiger partial charge in [-0.05, 0) is 48.7 Å². The van der Waals surface area contributed by atoms with Gasteiger partial charge in [0.05, 0.1) is 0 Å². The van der Waals surface area contributed by atoms with Crippen molar-refractivity contribution in [1.29, 1.82) is 0 Å². The zero-order valence-corrected chi connectivity index (χ0v) is 13.6. The molecule has 0 heterocycles. The number of ether oxygens (including phenoxy) is 1. The van der Waals surface area contributed by atoms with Crippen LogP contribution in [0.2, 0.25) is 5.02 Å². The van der Waals surface area contributed by atoms with Crippen molar-refractivity contribution < 1.29 is 4.74 Å². The molecule has 2 aromatic rings. The van der Waals surface area contributed by atoms with Gasteiger partial charge in [0.25, 0.3) is 0 Å². The van der Waals surface area contributed by atoms with E-state index in [1.807, 2.05) is 42.5 Å². The summed E-state index contributed by atoms with van der Waals surface area (Å²) in [5, 5.41) is 0.656. The Balaban J connectivity index is 2.27. The van der Waals surface area contributed by atoms with Gasteiger partial charge < -0.3 is 10.5 Å². The molecule has 0 saturated carbocycles. The third-order valence-electron chi connectivity index (χ3n) is 3.06. The van der Waals surface area contributed by atoms with Gasteiger partial charge in [-0.15, -0.1) is 0 Å². The van der Waals surface area contributed by atoms with Crippen LogP contribution >= 0.6 is 27.5 Å². The number of benzene rings is 2. The molecule has 0 spiro atoms. The zero-order chi connectivity index (χ0) is 14.5. The van der Waals surface area contributed by atoms with Gasteiger partial charge in [0.1, 0.15) is 11.5 Å². The lowest BCUT2D eigenvalue weighted by Crippen LogP contribution is -2.21. The molecule has 20 heavy (non-hydrogen) atoms. The molecule has 0 aliphatic carbocycles. The van der Waals surface area contributed by atoms with Crippen LogP contribution in [-0.2, 0) is 6.42 Å². The zero-order valence-electron chi connectivity index (χ0n) is 11.3. The highest BCUT2D eigenvalue weighted by atomic mass is 79.9. The largest absolute Gasteiger partial charge is 0.457 e. The van der Waals surface area contributed by atoms with Crippen LogP contribution in [0.5, 0.6) is 11.5 Å². The van der Waals surface area contributed by atoms with Gasteiger partial charge in [0.15, 0.2) is 0 Å². The van der Waals surface area contributed by atoms with Crippen molar-refractivity contribution in [2.24, 2.45) is 5.73 Å². The average Bonchev–Trinajstić information content (AvgIpc) is 2.41. The fraction of sp³-hybridized carbons (Fsp3) is 0.250. The number of hydrogen-bond acceptors (Lipinski definition) is 2.